The Morgan fingerprint density at radius 3 is 1.33 bits per heavy atom. The Bertz CT molecular complexity index is 1220. The molecule has 0 heterocycles. The number of fused-ring (bicyclic) bond motifs is 2. The molecule has 0 spiro atoms. The van der Waals surface area contributed by atoms with Gasteiger partial charge >= 0.3 is 0 Å². The summed E-state index contributed by atoms with van der Waals surface area (Å²) in [4.78, 5) is 0. The van der Waals surface area contributed by atoms with E-state index in [1.165, 1.54) is 62.2 Å². The first-order valence-corrected chi connectivity index (χ1v) is 12.3. The van der Waals surface area contributed by atoms with Crippen molar-refractivity contribution in [3.05, 3.63) is 109 Å². The third kappa shape index (κ3) is 5.71. The first-order chi connectivity index (χ1) is 16.2. The van der Waals surface area contributed by atoms with E-state index in [1.54, 1.807) is 0 Å². The van der Waals surface area contributed by atoms with Crippen LogP contribution in [0.5, 0.6) is 0 Å². The SMILES string of the molecule is CC.CCCC.Cc1ccc(-c2ccc(-c3c4ccccc4cc4ccccc34)cc2)cc1. The van der Waals surface area contributed by atoms with Gasteiger partial charge in [-0.3, -0.25) is 0 Å². The van der Waals surface area contributed by atoms with Crippen LogP contribution in [0.25, 0.3) is 43.8 Å². The summed E-state index contributed by atoms with van der Waals surface area (Å²) in [5.74, 6) is 0. The zero-order chi connectivity index (χ0) is 23.6. The average molecular weight is 433 g/mol. The number of hydrogen-bond acceptors (Lipinski definition) is 0. The van der Waals surface area contributed by atoms with Crippen molar-refractivity contribution in [2.24, 2.45) is 0 Å². The molecule has 0 aliphatic heterocycles. The molecule has 0 radical (unpaired) electrons. The van der Waals surface area contributed by atoms with Gasteiger partial charge in [-0.1, -0.05) is 143 Å². The molecule has 5 rings (SSSR count). The van der Waals surface area contributed by atoms with E-state index in [0.29, 0.717) is 0 Å². The van der Waals surface area contributed by atoms with Crippen LogP contribution in [0.1, 0.15) is 46.1 Å². The van der Waals surface area contributed by atoms with E-state index in [1.807, 2.05) is 13.8 Å². The minimum atomic E-state index is 1.25. The lowest BCUT2D eigenvalue weighted by Gasteiger charge is -2.13. The molecule has 0 saturated heterocycles. The van der Waals surface area contributed by atoms with E-state index in [0.717, 1.165) is 0 Å². The Hall–Kier alpha value is -3.38. The number of hydrogen-bond donors (Lipinski definition) is 0. The first kappa shape index (κ1) is 24.3. The van der Waals surface area contributed by atoms with Crippen molar-refractivity contribution in [3.8, 4) is 22.3 Å². The molecular formula is C33H36. The Morgan fingerprint density at radius 1 is 0.485 bits per heavy atom. The van der Waals surface area contributed by atoms with Gasteiger partial charge in [0.15, 0.2) is 0 Å². The van der Waals surface area contributed by atoms with Gasteiger partial charge in [0.2, 0.25) is 0 Å². The second-order valence-electron chi connectivity index (χ2n) is 8.14. The van der Waals surface area contributed by atoms with Crippen LogP contribution in [0.3, 0.4) is 0 Å². The third-order valence-corrected chi connectivity index (χ3v) is 5.83. The van der Waals surface area contributed by atoms with Gasteiger partial charge in [-0.05, 0) is 56.8 Å². The maximum atomic E-state index is 2.29. The number of aryl methyl sites for hydroxylation is 1. The molecule has 0 fully saturated rings. The molecule has 5 aromatic carbocycles. The van der Waals surface area contributed by atoms with Gasteiger partial charge in [0.25, 0.3) is 0 Å². The van der Waals surface area contributed by atoms with Crippen LogP contribution in [-0.2, 0) is 0 Å². The van der Waals surface area contributed by atoms with Gasteiger partial charge in [0.1, 0.15) is 0 Å². The highest BCUT2D eigenvalue weighted by atomic mass is 14.1. The van der Waals surface area contributed by atoms with E-state index < -0.39 is 0 Å². The normalized spacial score (nSPS) is 10.2. The summed E-state index contributed by atoms with van der Waals surface area (Å²) in [7, 11) is 0. The fourth-order valence-corrected chi connectivity index (χ4v) is 3.90. The zero-order valence-corrected chi connectivity index (χ0v) is 20.7. The molecule has 0 bridgehead atoms. The van der Waals surface area contributed by atoms with Crippen molar-refractivity contribution >= 4 is 21.5 Å². The molecule has 0 nitrogen and oxygen atoms in total. The van der Waals surface area contributed by atoms with Crippen LogP contribution < -0.4 is 0 Å². The maximum absolute atomic E-state index is 2.29. The Kier molecular flexibility index (Phi) is 8.84. The van der Waals surface area contributed by atoms with Gasteiger partial charge in [-0.25, -0.2) is 0 Å². The van der Waals surface area contributed by atoms with E-state index in [4.69, 9.17) is 0 Å². The van der Waals surface area contributed by atoms with Gasteiger partial charge in [-0.2, -0.15) is 0 Å². The molecule has 0 saturated carbocycles. The van der Waals surface area contributed by atoms with Crippen molar-refractivity contribution in [2.45, 2.75) is 47.5 Å². The molecule has 0 N–H and O–H groups in total. The Balaban J connectivity index is 0.000000464. The lowest BCUT2D eigenvalue weighted by atomic mass is 9.91. The first-order valence-electron chi connectivity index (χ1n) is 12.3. The molecule has 0 atom stereocenters. The smallest absolute Gasteiger partial charge is 0.00268 e. The molecule has 0 aliphatic carbocycles. The standard InChI is InChI=1S/C27H20.C4H10.C2H6/c1-19-10-12-20(13-11-19)21-14-16-22(17-15-21)27-25-8-4-2-6-23(25)18-24-7-3-5-9-26(24)27;1-3-4-2;1-2/h2-18H,1H3;3-4H2,1-2H3;1-2H3. The van der Waals surface area contributed by atoms with Gasteiger partial charge in [0, 0.05) is 0 Å². The summed E-state index contributed by atoms with van der Waals surface area (Å²) in [5.41, 5.74) is 6.38. The Morgan fingerprint density at radius 2 is 0.879 bits per heavy atom. The molecule has 33 heavy (non-hydrogen) atoms. The Labute approximate surface area is 199 Å². The van der Waals surface area contributed by atoms with Crippen LogP contribution in [0.2, 0.25) is 0 Å². The zero-order valence-electron chi connectivity index (χ0n) is 20.7. The van der Waals surface area contributed by atoms with Crippen LogP contribution in [0.15, 0.2) is 103 Å². The summed E-state index contributed by atoms with van der Waals surface area (Å²) in [6.07, 6.45) is 2.64. The second kappa shape index (κ2) is 12.0. The molecule has 0 aliphatic rings. The lowest BCUT2D eigenvalue weighted by Crippen LogP contribution is -1.86. The number of rotatable bonds is 3. The van der Waals surface area contributed by atoms with E-state index in [9.17, 15) is 0 Å². The van der Waals surface area contributed by atoms with Gasteiger partial charge in [0.05, 0.1) is 0 Å². The summed E-state index contributed by atoms with van der Waals surface area (Å²) >= 11 is 0. The maximum Gasteiger partial charge on any atom is -0.00268 e. The van der Waals surface area contributed by atoms with Gasteiger partial charge < -0.3 is 0 Å². The third-order valence-electron chi connectivity index (χ3n) is 5.83. The fourth-order valence-electron chi connectivity index (χ4n) is 3.90. The van der Waals surface area contributed by atoms with Crippen LogP contribution in [-0.4, -0.2) is 0 Å². The minimum absolute atomic E-state index is 1.25. The molecule has 0 amide bonds. The van der Waals surface area contributed by atoms with E-state index in [-0.39, 0.29) is 0 Å². The second-order valence-corrected chi connectivity index (χ2v) is 8.14. The molecule has 0 heteroatoms. The lowest BCUT2D eigenvalue weighted by molar-refractivity contribution is 0.886. The average Bonchev–Trinajstić information content (AvgIpc) is 2.89. The predicted molar refractivity (Wildman–Crippen MR) is 149 cm³/mol. The fraction of sp³-hybridized carbons (Fsp3) is 0.212. The summed E-state index contributed by atoms with van der Waals surface area (Å²) in [6, 6.07) is 37.3. The highest BCUT2D eigenvalue weighted by molar-refractivity contribution is 6.12. The predicted octanol–water partition coefficient (Wildman–Crippen LogP) is 10.5. The van der Waals surface area contributed by atoms with E-state index >= 15 is 0 Å². The largest absolute Gasteiger partial charge is 0.0683 e. The van der Waals surface area contributed by atoms with Crippen LogP contribution >= 0.6 is 0 Å². The summed E-state index contributed by atoms with van der Waals surface area (Å²) in [6.45, 7) is 10.5. The van der Waals surface area contributed by atoms with Crippen molar-refractivity contribution in [3.63, 3.8) is 0 Å². The highest BCUT2D eigenvalue weighted by Crippen LogP contribution is 2.37. The molecule has 0 aromatic heterocycles. The summed E-state index contributed by atoms with van der Waals surface area (Å²) in [5, 5.41) is 5.18. The van der Waals surface area contributed by atoms with Crippen LogP contribution in [0, 0.1) is 6.92 Å². The highest BCUT2D eigenvalue weighted by Gasteiger charge is 2.09. The van der Waals surface area contributed by atoms with E-state index in [2.05, 4.69) is 124 Å². The monoisotopic (exact) mass is 432 g/mol. The summed E-state index contributed by atoms with van der Waals surface area (Å²) < 4.78 is 0. The van der Waals surface area contributed by atoms with Crippen molar-refractivity contribution in [1.29, 1.82) is 0 Å². The molecule has 0 unspecified atom stereocenters. The van der Waals surface area contributed by atoms with Gasteiger partial charge in [-0.15, -0.1) is 0 Å². The minimum Gasteiger partial charge on any atom is -0.0683 e. The van der Waals surface area contributed by atoms with Crippen molar-refractivity contribution in [2.75, 3.05) is 0 Å². The molecule has 168 valence electrons. The van der Waals surface area contributed by atoms with Crippen molar-refractivity contribution in [1.82, 2.24) is 0 Å². The molecular weight excluding hydrogens is 396 g/mol. The number of unbranched alkanes of at least 4 members (excludes halogenated alkanes) is 1. The van der Waals surface area contributed by atoms with Crippen LogP contribution in [0.4, 0.5) is 0 Å². The van der Waals surface area contributed by atoms with Crippen molar-refractivity contribution < 1.29 is 0 Å². The number of benzene rings is 5. The molecule has 5 aromatic rings. The topological polar surface area (TPSA) is 0 Å². The quantitative estimate of drug-likeness (QED) is 0.249.